The fourth-order valence-corrected chi connectivity index (χ4v) is 9.32. The maximum atomic E-state index is 4.92. The quantitative estimate of drug-likeness (QED) is 0.186. The molecule has 1 aliphatic rings. The molecule has 232 valence electrons. The summed E-state index contributed by atoms with van der Waals surface area (Å²) in [7, 11) is 0. The number of fused-ring (bicyclic) bond motifs is 14. The molecular weight excluding hydrogens is 627 g/mol. The first-order valence-corrected chi connectivity index (χ1v) is 17.7. The van der Waals surface area contributed by atoms with Crippen LogP contribution in [0.2, 0.25) is 0 Å². The average Bonchev–Trinajstić information content (AvgIpc) is 3.73. The van der Waals surface area contributed by atoms with Crippen LogP contribution in [0.4, 0.5) is 0 Å². The predicted molar refractivity (Wildman–Crippen MR) is 210 cm³/mol. The summed E-state index contributed by atoms with van der Waals surface area (Å²) in [6.07, 6.45) is 3.74. The van der Waals surface area contributed by atoms with Crippen LogP contribution in [0.15, 0.2) is 164 Å². The van der Waals surface area contributed by atoms with E-state index in [1.54, 1.807) is 0 Å². The first-order valence-electron chi connectivity index (χ1n) is 16.9. The fraction of sp³-hybridized carbons (Fsp3) is 0. The monoisotopic (exact) mass is 653 g/mol. The Bertz CT molecular complexity index is 2940. The van der Waals surface area contributed by atoms with E-state index in [-0.39, 0.29) is 0 Å². The van der Waals surface area contributed by atoms with Crippen molar-refractivity contribution >= 4 is 53.3 Å². The zero-order chi connectivity index (χ0) is 32.8. The lowest BCUT2D eigenvalue weighted by atomic mass is 9.83. The molecule has 1 aliphatic carbocycles. The van der Waals surface area contributed by atoms with Crippen LogP contribution in [-0.4, -0.2) is 14.5 Å². The lowest BCUT2D eigenvalue weighted by Crippen LogP contribution is -2.00. The van der Waals surface area contributed by atoms with E-state index in [1.807, 2.05) is 35.9 Å². The summed E-state index contributed by atoms with van der Waals surface area (Å²) in [5, 5.41) is 5.11. The van der Waals surface area contributed by atoms with Crippen molar-refractivity contribution in [3.8, 4) is 61.6 Å². The van der Waals surface area contributed by atoms with Crippen molar-refractivity contribution in [2.75, 3.05) is 0 Å². The second-order valence-electron chi connectivity index (χ2n) is 12.9. The molecule has 0 N–H and O–H groups in total. The second-order valence-corrected chi connectivity index (χ2v) is 14.0. The van der Waals surface area contributed by atoms with Gasteiger partial charge in [-0.1, -0.05) is 103 Å². The highest BCUT2D eigenvalue weighted by atomic mass is 32.1. The zero-order valence-corrected chi connectivity index (χ0v) is 27.7. The fourth-order valence-electron chi connectivity index (χ4n) is 8.10. The molecule has 4 heteroatoms. The van der Waals surface area contributed by atoms with Crippen LogP contribution in [-0.2, 0) is 0 Å². The van der Waals surface area contributed by atoms with Crippen molar-refractivity contribution in [3.63, 3.8) is 0 Å². The van der Waals surface area contributed by atoms with Gasteiger partial charge in [-0.25, -0.2) is 0 Å². The first-order chi connectivity index (χ1) is 24.8. The van der Waals surface area contributed by atoms with Crippen molar-refractivity contribution in [3.05, 3.63) is 164 Å². The summed E-state index contributed by atoms with van der Waals surface area (Å²) < 4.78 is 4.99. The van der Waals surface area contributed by atoms with Crippen LogP contribution in [0.5, 0.6) is 0 Å². The highest BCUT2D eigenvalue weighted by Gasteiger charge is 2.24. The van der Waals surface area contributed by atoms with Gasteiger partial charge in [-0.15, -0.1) is 11.3 Å². The Labute approximate surface area is 292 Å². The van der Waals surface area contributed by atoms with Crippen LogP contribution in [0.3, 0.4) is 0 Å². The van der Waals surface area contributed by atoms with E-state index in [2.05, 4.69) is 144 Å². The normalized spacial score (nSPS) is 12.0. The molecule has 0 amide bonds. The standard InChI is InChI=1S/C46H27N3S/c1-2-11-32-31(10-1)33-22-20-28(26-39(33)37-17-9-25-48-45(37)44-36(32)16-8-24-47-44)30-14-7-15-38-40-27-29(21-23-43(40)50-46(30)38)49-41-18-5-3-12-34(41)35-13-4-6-19-42(35)49/h1-27H. The molecule has 4 heterocycles. The maximum Gasteiger partial charge on any atom is 0.0970 e. The van der Waals surface area contributed by atoms with Gasteiger partial charge < -0.3 is 4.57 Å². The molecule has 0 atom stereocenters. The molecule has 0 spiro atoms. The van der Waals surface area contributed by atoms with Crippen molar-refractivity contribution in [2.45, 2.75) is 0 Å². The van der Waals surface area contributed by atoms with Crippen molar-refractivity contribution < 1.29 is 0 Å². The molecule has 0 bridgehead atoms. The van der Waals surface area contributed by atoms with Gasteiger partial charge >= 0.3 is 0 Å². The molecule has 0 saturated carbocycles. The summed E-state index contributed by atoms with van der Waals surface area (Å²) in [5.74, 6) is 0. The molecule has 0 saturated heterocycles. The Morgan fingerprint density at radius 2 is 0.980 bits per heavy atom. The Balaban J connectivity index is 1.13. The Kier molecular flexibility index (Phi) is 5.83. The molecule has 50 heavy (non-hydrogen) atoms. The number of rotatable bonds is 2. The number of para-hydroxylation sites is 2. The van der Waals surface area contributed by atoms with Crippen LogP contribution < -0.4 is 0 Å². The molecule has 0 fully saturated rings. The molecule has 3 nitrogen and oxygen atoms in total. The van der Waals surface area contributed by atoms with Gasteiger partial charge in [0.25, 0.3) is 0 Å². The third kappa shape index (κ3) is 3.91. The molecule has 10 aromatic rings. The van der Waals surface area contributed by atoms with E-state index in [4.69, 9.17) is 9.97 Å². The van der Waals surface area contributed by atoms with E-state index in [9.17, 15) is 0 Å². The van der Waals surface area contributed by atoms with Crippen LogP contribution in [0.1, 0.15) is 0 Å². The number of thiophene rings is 1. The van der Waals surface area contributed by atoms with Crippen LogP contribution in [0.25, 0.3) is 104 Å². The third-order valence-electron chi connectivity index (χ3n) is 10.3. The van der Waals surface area contributed by atoms with E-state index in [0.717, 1.165) is 22.5 Å². The van der Waals surface area contributed by atoms with Gasteiger partial charge in [-0.2, -0.15) is 0 Å². The summed E-state index contributed by atoms with van der Waals surface area (Å²) >= 11 is 1.87. The Hall–Kier alpha value is -6.36. The van der Waals surface area contributed by atoms with E-state index >= 15 is 0 Å². The van der Waals surface area contributed by atoms with E-state index in [0.29, 0.717) is 0 Å². The summed E-state index contributed by atoms with van der Waals surface area (Å²) in [4.78, 5) is 9.80. The molecule has 0 radical (unpaired) electrons. The third-order valence-corrected chi connectivity index (χ3v) is 11.5. The van der Waals surface area contributed by atoms with Gasteiger partial charge in [-0.05, 0) is 81.9 Å². The maximum absolute atomic E-state index is 4.92. The van der Waals surface area contributed by atoms with Crippen molar-refractivity contribution in [2.24, 2.45) is 0 Å². The summed E-state index contributed by atoms with van der Waals surface area (Å²) in [6.45, 7) is 0. The van der Waals surface area contributed by atoms with Crippen molar-refractivity contribution in [1.29, 1.82) is 0 Å². The minimum atomic E-state index is 0.911. The smallest absolute Gasteiger partial charge is 0.0970 e. The zero-order valence-electron chi connectivity index (χ0n) is 26.8. The number of pyridine rings is 2. The molecule has 0 unspecified atom stereocenters. The summed E-state index contributed by atoms with van der Waals surface area (Å²) in [6, 6.07) is 55.2. The lowest BCUT2D eigenvalue weighted by Gasteiger charge is -2.22. The van der Waals surface area contributed by atoms with Crippen LogP contribution >= 0.6 is 11.3 Å². The predicted octanol–water partition coefficient (Wildman–Crippen LogP) is 12.6. The van der Waals surface area contributed by atoms with Gasteiger partial charge in [0.2, 0.25) is 0 Å². The van der Waals surface area contributed by atoms with Crippen LogP contribution in [0, 0.1) is 0 Å². The van der Waals surface area contributed by atoms with Gasteiger partial charge in [0.1, 0.15) is 0 Å². The highest BCUT2D eigenvalue weighted by Crippen LogP contribution is 2.48. The highest BCUT2D eigenvalue weighted by molar-refractivity contribution is 7.26. The van der Waals surface area contributed by atoms with E-state index in [1.165, 1.54) is 81.0 Å². The molecule has 4 aromatic heterocycles. The van der Waals surface area contributed by atoms with Gasteiger partial charge in [-0.3, -0.25) is 9.97 Å². The minimum Gasteiger partial charge on any atom is -0.309 e. The number of nitrogens with zero attached hydrogens (tertiary/aromatic N) is 3. The first kappa shape index (κ1) is 27.6. The summed E-state index contributed by atoms with van der Waals surface area (Å²) in [5.41, 5.74) is 14.8. The van der Waals surface area contributed by atoms with Gasteiger partial charge in [0.05, 0.1) is 22.4 Å². The van der Waals surface area contributed by atoms with E-state index < -0.39 is 0 Å². The second kappa shape index (κ2) is 10.6. The largest absolute Gasteiger partial charge is 0.309 e. The topological polar surface area (TPSA) is 30.7 Å². The number of hydrogen-bond donors (Lipinski definition) is 0. The lowest BCUT2D eigenvalue weighted by molar-refractivity contribution is 1.19. The molecule has 6 aromatic carbocycles. The average molecular weight is 654 g/mol. The SMILES string of the molecule is c1ccc2c(c1)-c1ccc(-c3cccc4c3sc3ccc(-n5c6ccccc6c6ccccc65)cc34)cc1-c1cccnc1-c1ncccc1-2. The minimum absolute atomic E-state index is 0.911. The molecular formula is C46H27N3S. The molecule has 11 rings (SSSR count). The van der Waals surface area contributed by atoms with Gasteiger partial charge in [0, 0.05) is 60.2 Å². The number of aromatic nitrogens is 3. The van der Waals surface area contributed by atoms with Gasteiger partial charge in [0.15, 0.2) is 0 Å². The Morgan fingerprint density at radius 3 is 1.72 bits per heavy atom. The number of hydrogen-bond acceptors (Lipinski definition) is 3. The Morgan fingerprint density at radius 1 is 0.400 bits per heavy atom. The van der Waals surface area contributed by atoms with Crippen molar-refractivity contribution in [1.82, 2.24) is 14.5 Å². The molecule has 0 aliphatic heterocycles. The number of benzene rings is 6.